The molecule has 2 aliphatic rings. The van der Waals surface area contributed by atoms with Gasteiger partial charge in [-0.15, -0.1) is 0 Å². The molecular weight excluding hydrogens is 513 g/mol. The number of aromatic nitrogens is 2. The number of halogens is 1. The van der Waals surface area contributed by atoms with Crippen LogP contribution < -0.4 is 20.3 Å². The van der Waals surface area contributed by atoms with Crippen LogP contribution in [0.3, 0.4) is 0 Å². The van der Waals surface area contributed by atoms with Crippen molar-refractivity contribution in [2.45, 2.75) is 50.0 Å². The fraction of sp³-hybridized carbons (Fsp3) is 0.423. The van der Waals surface area contributed by atoms with E-state index < -0.39 is 26.8 Å². The number of nitrogens with zero attached hydrogens (tertiary/aromatic N) is 3. The van der Waals surface area contributed by atoms with Crippen LogP contribution in [-0.2, 0) is 14.8 Å². The molecule has 1 aromatic heterocycles. The summed E-state index contributed by atoms with van der Waals surface area (Å²) in [5.41, 5.74) is -0.487. The number of ether oxygens (including phenoxy) is 2. The quantitative estimate of drug-likeness (QED) is 0.485. The number of nitrogens with one attached hydrogen (secondary N) is 2. The van der Waals surface area contributed by atoms with Gasteiger partial charge in [-0.3, -0.25) is 14.1 Å². The summed E-state index contributed by atoms with van der Waals surface area (Å²) in [6.45, 7) is 5.13. The summed E-state index contributed by atoms with van der Waals surface area (Å²) in [6.07, 6.45) is 4.01. The van der Waals surface area contributed by atoms with E-state index in [0.717, 1.165) is 32.0 Å². The molecule has 0 amide bonds. The Morgan fingerprint density at radius 3 is 2.76 bits per heavy atom. The third-order valence-corrected chi connectivity index (χ3v) is 8.91. The van der Waals surface area contributed by atoms with Gasteiger partial charge in [0.15, 0.2) is 11.6 Å². The normalized spacial score (nSPS) is 19.1. The molecule has 2 saturated heterocycles. The van der Waals surface area contributed by atoms with E-state index in [9.17, 15) is 22.9 Å². The van der Waals surface area contributed by atoms with E-state index in [-0.39, 0.29) is 39.6 Å². The lowest BCUT2D eigenvalue weighted by molar-refractivity contribution is -0.0196. The van der Waals surface area contributed by atoms with Crippen molar-refractivity contribution in [3.63, 3.8) is 0 Å². The van der Waals surface area contributed by atoms with E-state index in [1.54, 1.807) is 10.6 Å². The first kappa shape index (κ1) is 26.1. The van der Waals surface area contributed by atoms with Crippen molar-refractivity contribution in [2.24, 2.45) is 0 Å². The van der Waals surface area contributed by atoms with Crippen molar-refractivity contribution in [3.05, 3.63) is 58.4 Å². The minimum Gasteiger partial charge on any atom is -0.453 e. The van der Waals surface area contributed by atoms with Crippen LogP contribution in [0.4, 0.5) is 10.1 Å². The number of nitriles is 1. The van der Waals surface area contributed by atoms with Gasteiger partial charge in [-0.1, -0.05) is 0 Å². The minimum atomic E-state index is -3.79. The van der Waals surface area contributed by atoms with Crippen LogP contribution >= 0.6 is 0 Å². The van der Waals surface area contributed by atoms with E-state index >= 15 is 0 Å². The Bertz CT molecular complexity index is 1590. The van der Waals surface area contributed by atoms with Gasteiger partial charge in [0.05, 0.1) is 46.4 Å². The standard InChI is InChI=1S/C26H28FN5O5S/c1-16(2)38(34,35)31-23-6-4-21(27)24(20(23)13-28)37-18-3-5-22-19(11-18)25(33)32(15-30-22)17-12-26(36-14-17)7-9-29-10-8-26/h3-6,11,15-17,29,31H,7-10,12,14H2,1-2H3/t17-/m1/s1. The van der Waals surface area contributed by atoms with Gasteiger partial charge >= 0.3 is 0 Å². The van der Waals surface area contributed by atoms with Crippen molar-refractivity contribution in [1.29, 1.82) is 5.26 Å². The Kier molecular flexibility index (Phi) is 6.85. The minimum absolute atomic E-state index is 0.101. The number of sulfonamides is 1. The first-order valence-electron chi connectivity index (χ1n) is 12.4. The molecule has 3 aromatic rings. The zero-order valence-electron chi connectivity index (χ0n) is 21.0. The predicted octanol–water partition coefficient (Wildman–Crippen LogP) is 3.43. The topological polar surface area (TPSA) is 135 Å². The number of hydrogen-bond acceptors (Lipinski definition) is 8. The van der Waals surface area contributed by atoms with Crippen molar-refractivity contribution in [1.82, 2.24) is 14.9 Å². The summed E-state index contributed by atoms with van der Waals surface area (Å²) in [5.74, 6) is -1.20. The molecule has 3 heterocycles. The largest absolute Gasteiger partial charge is 0.453 e. The van der Waals surface area contributed by atoms with Gasteiger partial charge in [-0.25, -0.2) is 17.8 Å². The summed E-state index contributed by atoms with van der Waals surface area (Å²) in [6, 6.07) is 8.38. The molecule has 38 heavy (non-hydrogen) atoms. The summed E-state index contributed by atoms with van der Waals surface area (Å²) in [7, 11) is -3.79. The number of hydrogen-bond donors (Lipinski definition) is 2. The van der Waals surface area contributed by atoms with Crippen LogP contribution in [0.1, 0.15) is 44.7 Å². The van der Waals surface area contributed by atoms with Gasteiger partial charge < -0.3 is 14.8 Å². The third kappa shape index (κ3) is 4.84. The maximum atomic E-state index is 14.8. The van der Waals surface area contributed by atoms with Crippen molar-refractivity contribution >= 4 is 26.6 Å². The molecule has 0 aliphatic carbocycles. The van der Waals surface area contributed by atoms with Crippen molar-refractivity contribution in [2.75, 3.05) is 24.4 Å². The van der Waals surface area contributed by atoms with E-state index in [2.05, 4.69) is 15.0 Å². The number of rotatable bonds is 6. The summed E-state index contributed by atoms with van der Waals surface area (Å²) in [4.78, 5) is 17.9. The Morgan fingerprint density at radius 2 is 2.05 bits per heavy atom. The lowest BCUT2D eigenvalue weighted by Crippen LogP contribution is -2.41. The Labute approximate surface area is 219 Å². The number of anilines is 1. The average Bonchev–Trinajstić information content (AvgIpc) is 3.29. The van der Waals surface area contributed by atoms with Crippen LogP contribution in [0, 0.1) is 17.1 Å². The summed E-state index contributed by atoms with van der Waals surface area (Å²) in [5, 5.41) is 12.5. The molecule has 1 spiro atoms. The fourth-order valence-corrected chi connectivity index (χ4v) is 5.62. The van der Waals surface area contributed by atoms with Gasteiger partial charge in [0, 0.05) is 0 Å². The number of piperidine rings is 1. The lowest BCUT2D eigenvalue weighted by Gasteiger charge is -2.32. The van der Waals surface area contributed by atoms with Crippen LogP contribution in [0.15, 0.2) is 41.5 Å². The van der Waals surface area contributed by atoms with Crippen molar-refractivity contribution < 1.29 is 22.3 Å². The molecule has 2 aromatic carbocycles. The van der Waals surface area contributed by atoms with Crippen molar-refractivity contribution in [3.8, 4) is 17.6 Å². The molecule has 0 radical (unpaired) electrons. The smallest absolute Gasteiger partial charge is 0.261 e. The van der Waals surface area contributed by atoms with E-state index in [1.807, 2.05) is 6.07 Å². The lowest BCUT2D eigenvalue weighted by atomic mass is 9.88. The average molecular weight is 542 g/mol. The monoisotopic (exact) mass is 541 g/mol. The summed E-state index contributed by atoms with van der Waals surface area (Å²) < 4.78 is 55.2. The molecule has 0 bridgehead atoms. The van der Waals surface area contributed by atoms with Gasteiger partial charge in [0.1, 0.15) is 17.4 Å². The Hall–Kier alpha value is -3.53. The number of fused-ring (bicyclic) bond motifs is 1. The SMILES string of the molecule is CC(C)S(=O)(=O)Nc1ccc(F)c(Oc2ccc3ncn([C@H]4COC5(CCNCC5)C4)c(=O)c3c2)c1C#N. The molecule has 2 fully saturated rings. The predicted molar refractivity (Wildman–Crippen MR) is 139 cm³/mol. The second-order valence-electron chi connectivity index (χ2n) is 9.95. The van der Waals surface area contributed by atoms with Crippen LogP contribution in [0.25, 0.3) is 10.9 Å². The van der Waals surface area contributed by atoms with Crippen LogP contribution in [0.5, 0.6) is 11.5 Å². The fourth-order valence-electron chi connectivity index (χ4n) is 4.91. The third-order valence-electron chi connectivity index (χ3n) is 7.17. The first-order chi connectivity index (χ1) is 18.1. The van der Waals surface area contributed by atoms with Crippen LogP contribution in [-0.4, -0.2) is 48.5 Å². The van der Waals surface area contributed by atoms with Gasteiger partial charge in [-0.2, -0.15) is 5.26 Å². The molecule has 10 nitrogen and oxygen atoms in total. The van der Waals surface area contributed by atoms with E-state index in [1.165, 1.54) is 38.4 Å². The highest BCUT2D eigenvalue weighted by Gasteiger charge is 2.42. The molecule has 2 N–H and O–H groups in total. The molecule has 0 saturated carbocycles. The van der Waals surface area contributed by atoms with E-state index in [0.29, 0.717) is 18.5 Å². The zero-order valence-corrected chi connectivity index (χ0v) is 21.8. The highest BCUT2D eigenvalue weighted by molar-refractivity contribution is 7.93. The molecule has 12 heteroatoms. The molecule has 1 atom stereocenters. The molecule has 2 aliphatic heterocycles. The first-order valence-corrected chi connectivity index (χ1v) is 13.9. The summed E-state index contributed by atoms with van der Waals surface area (Å²) >= 11 is 0. The molecule has 200 valence electrons. The maximum absolute atomic E-state index is 14.8. The number of benzene rings is 2. The second-order valence-corrected chi connectivity index (χ2v) is 12.2. The zero-order chi connectivity index (χ0) is 27.1. The Balaban J connectivity index is 1.47. The maximum Gasteiger partial charge on any atom is 0.261 e. The molecular formula is C26H28FN5O5S. The molecule has 0 unspecified atom stereocenters. The Morgan fingerprint density at radius 1 is 1.29 bits per heavy atom. The van der Waals surface area contributed by atoms with Gasteiger partial charge in [0.2, 0.25) is 10.0 Å². The van der Waals surface area contributed by atoms with E-state index in [4.69, 9.17) is 9.47 Å². The second kappa shape index (κ2) is 9.98. The highest BCUT2D eigenvalue weighted by atomic mass is 32.2. The molecule has 5 rings (SSSR count). The highest BCUT2D eigenvalue weighted by Crippen LogP contribution is 2.39. The van der Waals surface area contributed by atoms with Gasteiger partial charge in [0.25, 0.3) is 5.56 Å². The van der Waals surface area contributed by atoms with Gasteiger partial charge in [-0.05, 0) is 76.5 Å². The van der Waals surface area contributed by atoms with Crippen LogP contribution in [0.2, 0.25) is 0 Å².